The van der Waals surface area contributed by atoms with Gasteiger partial charge in [-0.15, -0.1) is 0 Å². The minimum atomic E-state index is 0.651. The van der Waals surface area contributed by atoms with Crippen molar-refractivity contribution in [2.75, 3.05) is 6.54 Å². The van der Waals surface area contributed by atoms with Crippen LogP contribution in [0.1, 0.15) is 18.4 Å². The van der Waals surface area contributed by atoms with Crippen LogP contribution in [0.2, 0.25) is 0 Å². The van der Waals surface area contributed by atoms with Crippen LogP contribution in [0.4, 0.5) is 0 Å². The summed E-state index contributed by atoms with van der Waals surface area (Å²) in [6.45, 7) is 1.17. The predicted octanol–water partition coefficient (Wildman–Crippen LogP) is 1.63. The number of hydrogen-bond acceptors (Lipinski definition) is 2. The van der Waals surface area contributed by atoms with Gasteiger partial charge in [0.2, 0.25) is 0 Å². The van der Waals surface area contributed by atoms with E-state index in [2.05, 4.69) is 22.5 Å². The van der Waals surface area contributed by atoms with Crippen molar-refractivity contribution in [3.05, 3.63) is 36.2 Å². The molecule has 0 aliphatic carbocycles. The van der Waals surface area contributed by atoms with Gasteiger partial charge in [0.1, 0.15) is 0 Å². The highest BCUT2D eigenvalue weighted by Gasteiger charge is 2.16. The van der Waals surface area contributed by atoms with Crippen molar-refractivity contribution in [1.82, 2.24) is 14.9 Å². The second-order valence-corrected chi connectivity index (χ2v) is 4.20. The summed E-state index contributed by atoms with van der Waals surface area (Å²) < 4.78 is 1.95. The van der Waals surface area contributed by atoms with Crippen molar-refractivity contribution < 1.29 is 0 Å². The molecule has 1 N–H and O–H groups in total. The van der Waals surface area contributed by atoms with Crippen molar-refractivity contribution in [3.8, 4) is 0 Å². The zero-order valence-corrected chi connectivity index (χ0v) is 8.69. The Labute approximate surface area is 89.1 Å². The molecule has 3 nitrogen and oxygen atoms in total. The third-order valence-corrected chi connectivity index (χ3v) is 3.13. The molecule has 1 aliphatic rings. The van der Waals surface area contributed by atoms with Crippen molar-refractivity contribution in [1.29, 1.82) is 0 Å². The Bertz CT molecular complexity index is 455. The molecule has 0 bridgehead atoms. The molecular weight excluding hydrogens is 186 g/mol. The van der Waals surface area contributed by atoms with Gasteiger partial charge in [-0.25, -0.2) is 4.52 Å². The Morgan fingerprint density at radius 2 is 2.47 bits per heavy atom. The molecule has 2 aromatic heterocycles. The van der Waals surface area contributed by atoms with Crippen LogP contribution in [-0.4, -0.2) is 22.2 Å². The monoisotopic (exact) mass is 201 g/mol. The fraction of sp³-hybridized carbons (Fsp3) is 0.417. The van der Waals surface area contributed by atoms with Gasteiger partial charge >= 0.3 is 0 Å². The Hall–Kier alpha value is -1.35. The molecular formula is C12H15N3. The van der Waals surface area contributed by atoms with Gasteiger partial charge in [-0.1, -0.05) is 6.07 Å². The van der Waals surface area contributed by atoms with E-state index < -0.39 is 0 Å². The summed E-state index contributed by atoms with van der Waals surface area (Å²) in [6, 6.07) is 6.87. The summed E-state index contributed by atoms with van der Waals surface area (Å²) in [7, 11) is 0. The smallest absolute Gasteiger partial charge is 0.0694 e. The van der Waals surface area contributed by atoms with Crippen LogP contribution in [0.3, 0.4) is 0 Å². The van der Waals surface area contributed by atoms with E-state index in [0.717, 1.165) is 6.42 Å². The molecule has 1 unspecified atom stereocenters. The van der Waals surface area contributed by atoms with Crippen LogP contribution in [0.15, 0.2) is 30.6 Å². The largest absolute Gasteiger partial charge is 0.314 e. The first-order valence-electron chi connectivity index (χ1n) is 5.58. The second kappa shape index (κ2) is 3.66. The van der Waals surface area contributed by atoms with E-state index in [4.69, 9.17) is 0 Å². The summed E-state index contributed by atoms with van der Waals surface area (Å²) in [4.78, 5) is 0. The third-order valence-electron chi connectivity index (χ3n) is 3.13. The van der Waals surface area contributed by atoms with Crippen LogP contribution >= 0.6 is 0 Å². The fourth-order valence-electron chi connectivity index (χ4n) is 2.34. The van der Waals surface area contributed by atoms with Crippen LogP contribution < -0.4 is 5.32 Å². The van der Waals surface area contributed by atoms with Crippen molar-refractivity contribution in [2.24, 2.45) is 0 Å². The van der Waals surface area contributed by atoms with E-state index in [1.165, 1.54) is 30.5 Å². The van der Waals surface area contributed by atoms with Gasteiger partial charge in [-0.3, -0.25) is 0 Å². The maximum absolute atomic E-state index is 4.35. The third kappa shape index (κ3) is 1.63. The van der Waals surface area contributed by atoms with Crippen LogP contribution in [-0.2, 0) is 6.42 Å². The molecule has 1 aliphatic heterocycles. The average Bonchev–Trinajstić information content (AvgIpc) is 2.89. The van der Waals surface area contributed by atoms with E-state index >= 15 is 0 Å². The number of fused-ring (bicyclic) bond motifs is 1. The Morgan fingerprint density at radius 3 is 3.33 bits per heavy atom. The highest BCUT2D eigenvalue weighted by molar-refractivity contribution is 5.53. The first-order valence-corrected chi connectivity index (χ1v) is 5.58. The summed E-state index contributed by atoms with van der Waals surface area (Å²) in [5, 5.41) is 7.87. The van der Waals surface area contributed by atoms with Gasteiger partial charge in [0.05, 0.1) is 11.7 Å². The van der Waals surface area contributed by atoms with Gasteiger partial charge in [-0.2, -0.15) is 5.10 Å². The number of hydrogen-bond donors (Lipinski definition) is 1. The lowest BCUT2D eigenvalue weighted by atomic mass is 10.1. The number of nitrogens with zero attached hydrogens (tertiary/aromatic N) is 2. The minimum Gasteiger partial charge on any atom is -0.314 e. The maximum atomic E-state index is 4.35. The molecule has 0 amide bonds. The van der Waals surface area contributed by atoms with Gasteiger partial charge in [0.25, 0.3) is 0 Å². The average molecular weight is 201 g/mol. The summed E-state index contributed by atoms with van der Waals surface area (Å²) in [6.07, 6.45) is 7.71. The van der Waals surface area contributed by atoms with E-state index in [1.54, 1.807) is 0 Å². The topological polar surface area (TPSA) is 29.3 Å². The molecule has 0 saturated carbocycles. The number of nitrogens with one attached hydrogen (secondary N) is 1. The number of aromatic nitrogens is 2. The lowest BCUT2D eigenvalue weighted by Gasteiger charge is -2.08. The maximum Gasteiger partial charge on any atom is 0.0694 e. The van der Waals surface area contributed by atoms with Crippen LogP contribution in [0, 0.1) is 0 Å². The van der Waals surface area contributed by atoms with Crippen molar-refractivity contribution in [2.45, 2.75) is 25.3 Å². The zero-order valence-electron chi connectivity index (χ0n) is 8.69. The molecule has 1 atom stereocenters. The van der Waals surface area contributed by atoms with Gasteiger partial charge in [-0.05, 0) is 43.5 Å². The predicted molar refractivity (Wildman–Crippen MR) is 59.9 cm³/mol. The van der Waals surface area contributed by atoms with E-state index in [0.29, 0.717) is 6.04 Å². The van der Waals surface area contributed by atoms with E-state index in [9.17, 15) is 0 Å². The standard InChI is InChI=1S/C12H15N3/c1-2-7-15-12(5-1)10(9-14-15)8-11-4-3-6-13-11/h1-2,5,7,9,11,13H,3-4,6,8H2. The summed E-state index contributed by atoms with van der Waals surface area (Å²) in [5.41, 5.74) is 2.60. The molecule has 78 valence electrons. The molecule has 3 heterocycles. The van der Waals surface area contributed by atoms with Gasteiger partial charge in [0.15, 0.2) is 0 Å². The molecule has 3 rings (SSSR count). The highest BCUT2D eigenvalue weighted by Crippen LogP contribution is 2.16. The normalized spacial score (nSPS) is 21.2. The second-order valence-electron chi connectivity index (χ2n) is 4.20. The first kappa shape index (κ1) is 8.92. The lowest BCUT2D eigenvalue weighted by Crippen LogP contribution is -2.23. The van der Waals surface area contributed by atoms with Crippen molar-refractivity contribution >= 4 is 5.52 Å². The molecule has 15 heavy (non-hydrogen) atoms. The number of rotatable bonds is 2. The molecule has 3 heteroatoms. The molecule has 1 fully saturated rings. The first-order chi connectivity index (χ1) is 7.43. The van der Waals surface area contributed by atoms with E-state index in [-0.39, 0.29) is 0 Å². The summed E-state index contributed by atoms with van der Waals surface area (Å²) in [5.74, 6) is 0. The highest BCUT2D eigenvalue weighted by atomic mass is 15.2. The van der Waals surface area contributed by atoms with Crippen LogP contribution in [0.5, 0.6) is 0 Å². The fourth-order valence-corrected chi connectivity index (χ4v) is 2.34. The lowest BCUT2D eigenvalue weighted by molar-refractivity contribution is 0.605. The molecule has 1 saturated heterocycles. The molecule has 0 aromatic carbocycles. The zero-order chi connectivity index (χ0) is 10.1. The van der Waals surface area contributed by atoms with Gasteiger partial charge < -0.3 is 5.32 Å². The SMILES string of the molecule is c1ccn2ncc(CC3CCCN3)c2c1. The molecule has 2 aromatic rings. The molecule has 0 radical (unpaired) electrons. The number of pyridine rings is 1. The van der Waals surface area contributed by atoms with Crippen molar-refractivity contribution in [3.63, 3.8) is 0 Å². The Kier molecular flexibility index (Phi) is 2.18. The quantitative estimate of drug-likeness (QED) is 0.800. The Balaban J connectivity index is 1.90. The van der Waals surface area contributed by atoms with Gasteiger partial charge in [0, 0.05) is 12.2 Å². The minimum absolute atomic E-state index is 0.651. The molecule has 0 spiro atoms. The van der Waals surface area contributed by atoms with Crippen LogP contribution in [0.25, 0.3) is 5.52 Å². The van der Waals surface area contributed by atoms with E-state index in [1.807, 2.05) is 23.0 Å². The Morgan fingerprint density at radius 1 is 1.47 bits per heavy atom. The summed E-state index contributed by atoms with van der Waals surface area (Å²) >= 11 is 0.